The molecule has 3 aromatic rings. The molecule has 0 aliphatic heterocycles. The number of nitrogens with zero attached hydrogens (tertiary/aromatic N) is 3. The molecule has 31 heavy (non-hydrogen) atoms. The number of carbonyl (C=O) groups excluding carboxylic acids is 1. The molecule has 0 atom stereocenters. The lowest BCUT2D eigenvalue weighted by Crippen LogP contribution is -2.59. The highest BCUT2D eigenvalue weighted by atomic mass is 16.5. The van der Waals surface area contributed by atoms with Crippen molar-refractivity contribution in [2.24, 2.45) is 17.8 Å². The highest BCUT2D eigenvalue weighted by molar-refractivity contribution is 6.07. The van der Waals surface area contributed by atoms with Crippen LogP contribution >= 0.6 is 0 Å². The zero-order valence-corrected chi connectivity index (χ0v) is 17.5. The van der Waals surface area contributed by atoms with Crippen molar-refractivity contribution in [2.75, 3.05) is 0 Å². The molecule has 0 radical (unpaired) electrons. The normalized spacial score (nSPS) is 31.3. The predicted octanol–water partition coefficient (Wildman–Crippen LogP) is 4.86. The van der Waals surface area contributed by atoms with E-state index < -0.39 is 0 Å². The summed E-state index contributed by atoms with van der Waals surface area (Å²) in [6.45, 7) is 0. The Kier molecular flexibility index (Phi) is 3.68. The molecular weight excluding hydrogens is 388 g/mol. The van der Waals surface area contributed by atoms with Crippen LogP contribution in [0.25, 0.3) is 22.4 Å². The van der Waals surface area contributed by atoms with E-state index in [1.165, 1.54) is 19.3 Å². The molecule has 6 heteroatoms. The molecule has 158 valence electrons. The summed E-state index contributed by atoms with van der Waals surface area (Å²) in [6, 6.07) is 5.75. The molecule has 0 aromatic carbocycles. The Bertz CT molecular complexity index is 1150. The van der Waals surface area contributed by atoms with Gasteiger partial charge in [0, 0.05) is 29.4 Å². The van der Waals surface area contributed by atoms with Gasteiger partial charge in [-0.25, -0.2) is 4.98 Å². The molecule has 5 saturated carbocycles. The first-order valence-electron chi connectivity index (χ1n) is 11.7. The third-order valence-corrected chi connectivity index (χ3v) is 8.06. The molecule has 1 N–H and O–H groups in total. The number of rotatable bonds is 4. The molecule has 5 aliphatic carbocycles. The largest absolute Gasteiger partial charge is 0.347 e. The summed E-state index contributed by atoms with van der Waals surface area (Å²) >= 11 is 0. The Morgan fingerprint density at radius 2 is 1.84 bits per heavy atom. The van der Waals surface area contributed by atoms with Crippen molar-refractivity contribution in [1.82, 2.24) is 20.4 Å². The van der Waals surface area contributed by atoms with E-state index in [0.29, 0.717) is 22.9 Å². The summed E-state index contributed by atoms with van der Waals surface area (Å²) in [6.07, 6.45) is 13.2. The highest BCUT2D eigenvalue weighted by Gasteiger charge is 2.51. The van der Waals surface area contributed by atoms with Crippen LogP contribution in [0.3, 0.4) is 0 Å². The van der Waals surface area contributed by atoms with Gasteiger partial charge in [-0.05, 0) is 87.3 Å². The third-order valence-electron chi connectivity index (χ3n) is 8.06. The first-order valence-corrected chi connectivity index (χ1v) is 11.7. The summed E-state index contributed by atoms with van der Waals surface area (Å²) in [4.78, 5) is 22.7. The van der Waals surface area contributed by atoms with E-state index in [1.54, 1.807) is 12.4 Å². The standard InChI is InChI=1S/C25H26N4O2/c30-23(28-25-10-14-6-15(11-25)8-16(7-14)12-25)19-9-20(18-2-1-5-26-13-18)27-24-21(19)22(29-31-24)17-3-4-17/h1-2,5,9,13-17H,3-4,6-8,10-12H2,(H,28,30). The molecule has 5 fully saturated rings. The maximum Gasteiger partial charge on any atom is 0.259 e. The predicted molar refractivity (Wildman–Crippen MR) is 115 cm³/mol. The van der Waals surface area contributed by atoms with E-state index in [4.69, 9.17) is 9.51 Å². The van der Waals surface area contributed by atoms with Gasteiger partial charge in [-0.1, -0.05) is 5.16 Å². The first kappa shape index (κ1) is 17.9. The van der Waals surface area contributed by atoms with Crippen LogP contribution in [0.4, 0.5) is 0 Å². The van der Waals surface area contributed by atoms with E-state index in [2.05, 4.69) is 15.5 Å². The lowest BCUT2D eigenvalue weighted by atomic mass is 9.53. The summed E-state index contributed by atoms with van der Waals surface area (Å²) in [5.41, 5.74) is 3.55. The average Bonchev–Trinajstić information content (AvgIpc) is 3.51. The second kappa shape index (κ2) is 6.38. The van der Waals surface area contributed by atoms with Gasteiger partial charge < -0.3 is 9.84 Å². The van der Waals surface area contributed by atoms with Gasteiger partial charge in [0.15, 0.2) is 0 Å². The minimum absolute atomic E-state index is 0.00425. The zero-order valence-electron chi connectivity index (χ0n) is 17.5. The Hall–Kier alpha value is -2.76. The molecular formula is C25H26N4O2. The van der Waals surface area contributed by atoms with E-state index in [9.17, 15) is 4.79 Å². The van der Waals surface area contributed by atoms with Crippen molar-refractivity contribution in [2.45, 2.75) is 62.8 Å². The van der Waals surface area contributed by atoms with Gasteiger partial charge in [0.1, 0.15) is 0 Å². The van der Waals surface area contributed by atoms with Crippen molar-refractivity contribution >= 4 is 17.0 Å². The monoisotopic (exact) mass is 414 g/mol. The topological polar surface area (TPSA) is 80.9 Å². The highest BCUT2D eigenvalue weighted by Crippen LogP contribution is 2.55. The van der Waals surface area contributed by atoms with Gasteiger partial charge in [0.2, 0.25) is 0 Å². The quantitative estimate of drug-likeness (QED) is 0.659. The minimum Gasteiger partial charge on any atom is -0.347 e. The molecule has 6 nitrogen and oxygen atoms in total. The number of amides is 1. The van der Waals surface area contributed by atoms with Crippen molar-refractivity contribution < 1.29 is 9.32 Å². The van der Waals surface area contributed by atoms with Crippen LogP contribution in [0.2, 0.25) is 0 Å². The Morgan fingerprint density at radius 3 is 2.48 bits per heavy atom. The lowest BCUT2D eigenvalue weighted by molar-refractivity contribution is -0.0166. The molecule has 8 rings (SSSR count). The van der Waals surface area contributed by atoms with Crippen LogP contribution in [0.15, 0.2) is 35.1 Å². The molecule has 5 aliphatic rings. The summed E-state index contributed by atoms with van der Waals surface area (Å²) in [5, 5.41) is 8.67. The second-order valence-corrected chi connectivity index (χ2v) is 10.5. The fourth-order valence-electron chi connectivity index (χ4n) is 7.02. The van der Waals surface area contributed by atoms with E-state index in [-0.39, 0.29) is 11.4 Å². The van der Waals surface area contributed by atoms with E-state index >= 15 is 0 Å². The van der Waals surface area contributed by atoms with Crippen LogP contribution in [0.5, 0.6) is 0 Å². The maximum atomic E-state index is 13.8. The molecule has 0 unspecified atom stereocenters. The molecule has 3 aromatic heterocycles. The Balaban J connectivity index is 1.31. The number of hydrogen-bond donors (Lipinski definition) is 1. The molecule has 4 bridgehead atoms. The van der Waals surface area contributed by atoms with Gasteiger partial charge in [-0.3, -0.25) is 9.78 Å². The van der Waals surface area contributed by atoms with Crippen LogP contribution in [0.1, 0.15) is 73.3 Å². The maximum absolute atomic E-state index is 13.8. The summed E-state index contributed by atoms with van der Waals surface area (Å²) < 4.78 is 5.64. The molecule has 3 heterocycles. The van der Waals surface area contributed by atoms with Gasteiger partial charge in [-0.15, -0.1) is 0 Å². The molecule has 1 amide bonds. The van der Waals surface area contributed by atoms with Gasteiger partial charge >= 0.3 is 0 Å². The number of pyridine rings is 2. The Morgan fingerprint density at radius 1 is 1.10 bits per heavy atom. The van der Waals surface area contributed by atoms with E-state index in [1.807, 2.05) is 18.2 Å². The molecule has 0 spiro atoms. The van der Waals surface area contributed by atoms with Crippen LogP contribution in [-0.2, 0) is 0 Å². The van der Waals surface area contributed by atoms with Crippen LogP contribution < -0.4 is 5.32 Å². The molecule has 0 saturated heterocycles. The smallest absolute Gasteiger partial charge is 0.259 e. The number of hydrogen-bond acceptors (Lipinski definition) is 5. The van der Waals surface area contributed by atoms with Gasteiger partial charge in [0.25, 0.3) is 11.6 Å². The van der Waals surface area contributed by atoms with E-state index in [0.717, 1.165) is 66.5 Å². The third kappa shape index (κ3) is 2.91. The fraction of sp³-hybridized carbons (Fsp3) is 0.520. The first-order chi connectivity index (χ1) is 15.2. The number of aromatic nitrogens is 3. The van der Waals surface area contributed by atoms with Gasteiger partial charge in [0.05, 0.1) is 22.3 Å². The fourth-order valence-corrected chi connectivity index (χ4v) is 7.02. The number of nitrogens with one attached hydrogen (secondary N) is 1. The Labute approximate surface area is 180 Å². The average molecular weight is 415 g/mol. The van der Waals surface area contributed by atoms with Crippen molar-refractivity contribution in [3.05, 3.63) is 41.9 Å². The SMILES string of the molecule is O=C(NC12CC3CC(CC(C3)C1)C2)c1cc(-c2cccnc2)nc2onc(C3CC3)c12. The summed E-state index contributed by atoms with van der Waals surface area (Å²) in [5.74, 6) is 2.75. The van der Waals surface area contributed by atoms with Crippen molar-refractivity contribution in [1.29, 1.82) is 0 Å². The summed E-state index contributed by atoms with van der Waals surface area (Å²) in [7, 11) is 0. The number of carbonyl (C=O) groups is 1. The van der Waals surface area contributed by atoms with Crippen molar-refractivity contribution in [3.63, 3.8) is 0 Å². The van der Waals surface area contributed by atoms with Crippen LogP contribution in [0, 0.1) is 17.8 Å². The number of fused-ring (bicyclic) bond motifs is 1. The van der Waals surface area contributed by atoms with Crippen LogP contribution in [-0.4, -0.2) is 26.6 Å². The van der Waals surface area contributed by atoms with Crippen molar-refractivity contribution in [3.8, 4) is 11.3 Å². The second-order valence-electron chi connectivity index (χ2n) is 10.5. The zero-order chi connectivity index (χ0) is 20.6. The lowest BCUT2D eigenvalue weighted by Gasteiger charge is -2.56. The van der Waals surface area contributed by atoms with Gasteiger partial charge in [-0.2, -0.15) is 0 Å². The minimum atomic E-state index is -0.0349.